The highest BCUT2D eigenvalue weighted by Crippen LogP contribution is 2.30. The molecule has 2 aromatic rings. The fraction of sp³-hybridized carbons (Fsp3) is 0.417. The lowest BCUT2D eigenvalue weighted by Crippen LogP contribution is -2.49. The van der Waals surface area contributed by atoms with Gasteiger partial charge in [-0.1, -0.05) is 0 Å². The smallest absolute Gasteiger partial charge is 0.323 e. The highest BCUT2D eigenvalue weighted by molar-refractivity contribution is 9.11. The first-order chi connectivity index (χ1) is 10.1. The van der Waals surface area contributed by atoms with Gasteiger partial charge in [0.25, 0.3) is 5.89 Å². The number of carbonyl (C=O) groups is 1. The minimum atomic E-state index is -0.906. The Hall–Kier alpha value is -1.29. The van der Waals surface area contributed by atoms with Crippen molar-refractivity contribution in [2.75, 3.05) is 19.8 Å². The largest absolute Gasteiger partial charge is 0.480 e. The Morgan fingerprint density at radius 2 is 2.38 bits per heavy atom. The molecular formula is C12H12BrN3O4S. The van der Waals surface area contributed by atoms with Crippen molar-refractivity contribution in [3.05, 3.63) is 21.8 Å². The number of aromatic nitrogens is 2. The van der Waals surface area contributed by atoms with Crippen LogP contribution in [0.5, 0.6) is 0 Å². The van der Waals surface area contributed by atoms with Crippen molar-refractivity contribution in [2.24, 2.45) is 0 Å². The van der Waals surface area contributed by atoms with Gasteiger partial charge in [-0.15, -0.1) is 21.5 Å². The number of rotatable bonds is 4. The quantitative estimate of drug-likeness (QED) is 0.874. The third kappa shape index (κ3) is 3.31. The lowest BCUT2D eigenvalue weighted by molar-refractivity contribution is -0.150. The van der Waals surface area contributed by atoms with Crippen molar-refractivity contribution < 1.29 is 19.1 Å². The van der Waals surface area contributed by atoms with Gasteiger partial charge < -0.3 is 14.3 Å². The molecular weight excluding hydrogens is 362 g/mol. The summed E-state index contributed by atoms with van der Waals surface area (Å²) < 4.78 is 11.8. The van der Waals surface area contributed by atoms with E-state index in [9.17, 15) is 9.90 Å². The number of ether oxygens (including phenoxy) is 1. The molecule has 1 N–H and O–H groups in total. The van der Waals surface area contributed by atoms with Crippen LogP contribution in [-0.2, 0) is 16.1 Å². The summed E-state index contributed by atoms with van der Waals surface area (Å²) in [5, 5.41) is 17.2. The fourth-order valence-corrected chi connectivity index (χ4v) is 3.38. The summed E-state index contributed by atoms with van der Waals surface area (Å²) in [6, 6.07) is 3.12. The van der Waals surface area contributed by atoms with E-state index in [0.717, 1.165) is 8.66 Å². The lowest BCUT2D eigenvalue weighted by atomic mass is 10.2. The molecule has 7 nitrogen and oxygen atoms in total. The second-order valence-corrected chi connectivity index (χ2v) is 6.97. The summed E-state index contributed by atoms with van der Waals surface area (Å²) in [7, 11) is 0. The molecule has 1 unspecified atom stereocenters. The first-order valence-corrected chi connectivity index (χ1v) is 7.87. The average Bonchev–Trinajstić information content (AvgIpc) is 3.08. The molecule has 0 saturated carbocycles. The first kappa shape index (κ1) is 14.6. The number of aliphatic carboxylic acids is 1. The van der Waals surface area contributed by atoms with E-state index in [1.54, 1.807) is 4.90 Å². The van der Waals surface area contributed by atoms with Gasteiger partial charge >= 0.3 is 5.97 Å². The molecule has 0 aromatic carbocycles. The van der Waals surface area contributed by atoms with Crippen LogP contribution in [0, 0.1) is 0 Å². The highest BCUT2D eigenvalue weighted by atomic mass is 79.9. The van der Waals surface area contributed by atoms with Crippen molar-refractivity contribution in [3.63, 3.8) is 0 Å². The Kier molecular flexibility index (Phi) is 4.34. The van der Waals surface area contributed by atoms with Crippen molar-refractivity contribution in [1.29, 1.82) is 0 Å². The van der Waals surface area contributed by atoms with Crippen molar-refractivity contribution in [1.82, 2.24) is 15.1 Å². The molecule has 0 spiro atoms. The predicted molar refractivity (Wildman–Crippen MR) is 78.0 cm³/mol. The summed E-state index contributed by atoms with van der Waals surface area (Å²) in [6.07, 6.45) is 0. The SMILES string of the molecule is O=C(O)C1COCCN1Cc1nnc(-c2ccc(Br)s2)o1. The van der Waals surface area contributed by atoms with Gasteiger partial charge in [-0.05, 0) is 28.1 Å². The summed E-state index contributed by atoms with van der Waals surface area (Å²) >= 11 is 4.88. The second kappa shape index (κ2) is 6.22. The Morgan fingerprint density at radius 1 is 1.52 bits per heavy atom. The third-order valence-electron chi connectivity index (χ3n) is 3.11. The molecule has 1 atom stereocenters. The molecule has 2 aromatic heterocycles. The van der Waals surface area contributed by atoms with Crippen molar-refractivity contribution in [2.45, 2.75) is 12.6 Å². The molecule has 0 radical (unpaired) electrons. The summed E-state index contributed by atoms with van der Waals surface area (Å²) in [5.74, 6) is -0.0554. The molecule has 21 heavy (non-hydrogen) atoms. The van der Waals surface area contributed by atoms with Crippen LogP contribution in [0.15, 0.2) is 20.3 Å². The van der Waals surface area contributed by atoms with E-state index in [2.05, 4.69) is 26.1 Å². The Morgan fingerprint density at radius 3 is 3.10 bits per heavy atom. The van der Waals surface area contributed by atoms with E-state index >= 15 is 0 Å². The zero-order chi connectivity index (χ0) is 14.8. The number of hydrogen-bond acceptors (Lipinski definition) is 7. The van der Waals surface area contributed by atoms with Gasteiger partial charge in [0.15, 0.2) is 0 Å². The lowest BCUT2D eigenvalue weighted by Gasteiger charge is -2.31. The minimum absolute atomic E-state index is 0.175. The van der Waals surface area contributed by atoms with Crippen molar-refractivity contribution in [3.8, 4) is 10.8 Å². The van der Waals surface area contributed by atoms with Crippen LogP contribution in [0.1, 0.15) is 5.89 Å². The first-order valence-electron chi connectivity index (χ1n) is 6.26. The van der Waals surface area contributed by atoms with Gasteiger partial charge in [-0.25, -0.2) is 0 Å². The number of halogens is 1. The predicted octanol–water partition coefficient (Wildman–Crippen LogP) is 1.85. The fourth-order valence-electron chi connectivity index (χ4n) is 2.07. The van der Waals surface area contributed by atoms with Crippen LogP contribution in [0.3, 0.4) is 0 Å². The number of carboxylic acid groups (broad SMARTS) is 1. The normalized spacial score (nSPS) is 19.8. The molecule has 0 amide bonds. The van der Waals surface area contributed by atoms with Gasteiger partial charge in [-0.2, -0.15) is 0 Å². The average molecular weight is 374 g/mol. The van der Waals surface area contributed by atoms with Crippen LogP contribution in [0.2, 0.25) is 0 Å². The van der Waals surface area contributed by atoms with E-state index < -0.39 is 12.0 Å². The molecule has 0 bridgehead atoms. The number of thiophene rings is 1. The Bertz CT molecular complexity index is 644. The summed E-state index contributed by atoms with van der Waals surface area (Å²) in [4.78, 5) is 13.8. The minimum Gasteiger partial charge on any atom is -0.480 e. The molecule has 1 saturated heterocycles. The number of hydrogen-bond donors (Lipinski definition) is 1. The molecule has 112 valence electrons. The zero-order valence-corrected chi connectivity index (χ0v) is 13.3. The molecule has 3 heterocycles. The van der Waals surface area contributed by atoms with Crippen LogP contribution < -0.4 is 0 Å². The van der Waals surface area contributed by atoms with Gasteiger partial charge in [0.2, 0.25) is 5.89 Å². The molecule has 1 fully saturated rings. The van der Waals surface area contributed by atoms with E-state index in [1.807, 2.05) is 12.1 Å². The zero-order valence-electron chi connectivity index (χ0n) is 10.9. The topological polar surface area (TPSA) is 88.7 Å². The molecule has 3 rings (SSSR count). The molecule has 9 heteroatoms. The second-order valence-electron chi connectivity index (χ2n) is 4.50. The maximum Gasteiger partial charge on any atom is 0.323 e. The van der Waals surface area contributed by atoms with Crippen LogP contribution in [-0.4, -0.2) is 52.0 Å². The number of morpholine rings is 1. The molecule has 1 aliphatic rings. The standard InChI is InChI=1S/C12H12BrN3O4S/c13-9-2-1-8(21-9)11-15-14-10(20-11)5-16-3-4-19-6-7(16)12(17)18/h1-2,7H,3-6H2,(H,17,18). The summed E-state index contributed by atoms with van der Waals surface area (Å²) in [6.45, 7) is 1.51. The van der Waals surface area contributed by atoms with Crippen LogP contribution >= 0.6 is 27.3 Å². The van der Waals surface area contributed by atoms with Gasteiger partial charge in [-0.3, -0.25) is 9.69 Å². The van der Waals surface area contributed by atoms with Gasteiger partial charge in [0, 0.05) is 6.54 Å². The number of carboxylic acids is 1. The van der Waals surface area contributed by atoms with Crippen molar-refractivity contribution >= 4 is 33.2 Å². The summed E-state index contributed by atoms with van der Waals surface area (Å²) in [5.41, 5.74) is 0. The van der Waals surface area contributed by atoms with Crippen LogP contribution in [0.25, 0.3) is 10.8 Å². The van der Waals surface area contributed by atoms with Gasteiger partial charge in [0.1, 0.15) is 6.04 Å². The van der Waals surface area contributed by atoms with E-state index in [1.165, 1.54) is 11.3 Å². The van der Waals surface area contributed by atoms with E-state index in [-0.39, 0.29) is 6.61 Å². The van der Waals surface area contributed by atoms with Crippen LogP contribution in [0.4, 0.5) is 0 Å². The molecule has 1 aliphatic heterocycles. The van der Waals surface area contributed by atoms with Gasteiger partial charge in [0.05, 0.1) is 28.4 Å². The number of nitrogens with zero attached hydrogens (tertiary/aromatic N) is 3. The molecule has 0 aliphatic carbocycles. The Balaban J connectivity index is 1.73. The highest BCUT2D eigenvalue weighted by Gasteiger charge is 2.30. The Labute approximate surface area is 132 Å². The maximum atomic E-state index is 11.2. The van der Waals surface area contributed by atoms with E-state index in [0.29, 0.717) is 31.5 Å². The maximum absolute atomic E-state index is 11.2. The van der Waals surface area contributed by atoms with E-state index in [4.69, 9.17) is 9.15 Å². The third-order valence-corrected chi connectivity index (χ3v) is 4.73. The monoisotopic (exact) mass is 373 g/mol.